The first-order valence-corrected chi connectivity index (χ1v) is 3.68. The minimum absolute atomic E-state index is 0.368. The van der Waals surface area contributed by atoms with Crippen LogP contribution in [0.25, 0.3) is 0 Å². The molecule has 3 N–H and O–H groups in total. The van der Waals surface area contributed by atoms with E-state index >= 15 is 0 Å². The summed E-state index contributed by atoms with van der Waals surface area (Å²) >= 11 is 0. The fraction of sp³-hybridized carbons (Fsp3) is 0.143. The Kier molecular flexibility index (Phi) is 8.92. The van der Waals surface area contributed by atoms with E-state index in [0.717, 1.165) is 5.56 Å². The van der Waals surface area contributed by atoms with Crippen molar-refractivity contribution < 1.29 is 25.7 Å². The number of nitrogens with zero attached hydrogens (tertiary/aromatic N) is 2. The van der Waals surface area contributed by atoms with Crippen molar-refractivity contribution in [3.63, 3.8) is 0 Å². The number of phenolic OH excluding ortho intramolecular Hbond substituents is 1. The zero-order valence-electron chi connectivity index (χ0n) is 8.18. The number of para-hydroxylation sites is 1. The maximum absolute atomic E-state index is 8.92. The fourth-order valence-corrected chi connectivity index (χ4v) is 0.563. The number of aromatic hydroxyl groups is 1. The molecule has 0 bridgehead atoms. The first-order chi connectivity index (χ1) is 7.27. The molecule has 9 heteroatoms. The molecule has 1 rings (SSSR count). The smallest absolute Gasteiger partial charge is 0.291 e. The monoisotopic (exact) mass is 234 g/mol. The van der Waals surface area contributed by atoms with Gasteiger partial charge in [-0.15, -0.1) is 20.2 Å². The molecule has 0 unspecified atom stereocenters. The van der Waals surface area contributed by atoms with Gasteiger partial charge in [-0.2, -0.15) is 0 Å². The molecule has 0 saturated heterocycles. The number of rotatable bonds is 0. The van der Waals surface area contributed by atoms with E-state index < -0.39 is 10.2 Å². The normalized spacial score (nSPS) is 7.56. The molecule has 1 aromatic carbocycles. The van der Waals surface area contributed by atoms with E-state index in [-0.39, 0.29) is 0 Å². The van der Waals surface area contributed by atoms with Gasteiger partial charge < -0.3 is 15.5 Å². The molecule has 9 nitrogen and oxygen atoms in total. The Morgan fingerprint density at radius 3 is 1.56 bits per heavy atom. The van der Waals surface area contributed by atoms with Crippen LogP contribution >= 0.6 is 0 Å². The summed E-state index contributed by atoms with van der Waals surface area (Å²) in [5, 5.41) is 36.2. The Hall–Kier alpha value is -2.58. The molecule has 0 aromatic heterocycles. The summed E-state index contributed by atoms with van der Waals surface area (Å²) in [6.07, 6.45) is 0. The molecule has 0 aliphatic carbocycles. The lowest BCUT2D eigenvalue weighted by Gasteiger charge is -1.92. The van der Waals surface area contributed by atoms with Gasteiger partial charge >= 0.3 is 0 Å². The van der Waals surface area contributed by atoms with Crippen molar-refractivity contribution in [1.82, 2.24) is 0 Å². The molecule has 0 aliphatic rings. The molecule has 0 heterocycles. The number of benzene rings is 1. The third-order valence-electron chi connectivity index (χ3n) is 1.12. The van der Waals surface area contributed by atoms with Crippen molar-refractivity contribution in [1.29, 1.82) is 0 Å². The van der Waals surface area contributed by atoms with Crippen LogP contribution in [-0.2, 0) is 0 Å². The first-order valence-electron chi connectivity index (χ1n) is 3.68. The summed E-state index contributed by atoms with van der Waals surface area (Å²) < 4.78 is 0. The number of hydrogen-bond donors (Lipinski definition) is 3. The van der Waals surface area contributed by atoms with Crippen LogP contribution in [0.3, 0.4) is 0 Å². The predicted octanol–water partition coefficient (Wildman–Crippen LogP) is 1.01. The van der Waals surface area contributed by atoms with Crippen LogP contribution in [0.15, 0.2) is 24.3 Å². The van der Waals surface area contributed by atoms with Gasteiger partial charge in [0.25, 0.3) is 10.2 Å². The zero-order valence-corrected chi connectivity index (χ0v) is 8.18. The highest BCUT2D eigenvalue weighted by Crippen LogP contribution is 2.12. The topological polar surface area (TPSA) is 147 Å². The third-order valence-corrected chi connectivity index (χ3v) is 1.12. The van der Waals surface area contributed by atoms with Crippen LogP contribution in [0.2, 0.25) is 0 Å². The Bertz CT molecular complexity index is 300. The average molecular weight is 234 g/mol. The average Bonchev–Trinajstić information content (AvgIpc) is 2.08. The molecule has 0 spiro atoms. The molecule has 0 radical (unpaired) electrons. The van der Waals surface area contributed by atoms with Crippen molar-refractivity contribution in [3.8, 4) is 5.75 Å². The second-order valence-electron chi connectivity index (χ2n) is 2.26. The van der Waals surface area contributed by atoms with E-state index in [1.54, 1.807) is 6.07 Å². The summed E-state index contributed by atoms with van der Waals surface area (Å²) in [6.45, 7) is 1.87. The van der Waals surface area contributed by atoms with E-state index in [2.05, 4.69) is 0 Å². The maximum Gasteiger partial charge on any atom is 0.291 e. The van der Waals surface area contributed by atoms with Gasteiger partial charge in [-0.1, -0.05) is 18.2 Å². The summed E-state index contributed by atoms with van der Waals surface area (Å²) in [5.74, 6) is 0.368. The lowest BCUT2D eigenvalue weighted by molar-refractivity contribution is -0.742. The highest BCUT2D eigenvalue weighted by atomic mass is 16.9. The van der Waals surface area contributed by atoms with E-state index in [1.165, 1.54) is 0 Å². The van der Waals surface area contributed by atoms with Crippen LogP contribution < -0.4 is 0 Å². The minimum atomic E-state index is -1.50. The van der Waals surface area contributed by atoms with Crippen molar-refractivity contribution in [2.24, 2.45) is 0 Å². The third kappa shape index (κ3) is 17.5. The highest BCUT2D eigenvalue weighted by molar-refractivity contribution is 5.29. The maximum atomic E-state index is 8.92. The number of hydrogen-bond acceptors (Lipinski definition) is 5. The van der Waals surface area contributed by atoms with Crippen molar-refractivity contribution in [2.45, 2.75) is 6.92 Å². The lowest BCUT2D eigenvalue weighted by atomic mass is 10.2. The van der Waals surface area contributed by atoms with E-state index in [4.69, 9.17) is 35.7 Å². The van der Waals surface area contributed by atoms with E-state index in [1.807, 2.05) is 25.1 Å². The largest absolute Gasteiger partial charge is 0.508 e. The van der Waals surface area contributed by atoms with Gasteiger partial charge in [0.2, 0.25) is 0 Å². The van der Waals surface area contributed by atoms with Gasteiger partial charge in [-0.05, 0) is 18.6 Å². The standard InChI is InChI=1S/C7H8O.2HNO3/c1-6-4-2-3-5-7(6)8;2*2-1(3)4/h2-5,8H,1H3;2*(H,2,3,4). The van der Waals surface area contributed by atoms with E-state index in [9.17, 15) is 0 Å². The van der Waals surface area contributed by atoms with Crippen LogP contribution in [-0.4, -0.2) is 25.7 Å². The van der Waals surface area contributed by atoms with Gasteiger partial charge in [0.05, 0.1) is 0 Å². The molecule has 16 heavy (non-hydrogen) atoms. The Labute approximate surface area is 89.4 Å². The van der Waals surface area contributed by atoms with E-state index in [0.29, 0.717) is 5.75 Å². The molecule has 0 atom stereocenters. The fourth-order valence-electron chi connectivity index (χ4n) is 0.563. The number of phenols is 1. The second kappa shape index (κ2) is 8.99. The lowest BCUT2D eigenvalue weighted by Crippen LogP contribution is -1.81. The molecule has 0 amide bonds. The van der Waals surface area contributed by atoms with Crippen molar-refractivity contribution >= 4 is 0 Å². The van der Waals surface area contributed by atoms with Crippen LogP contribution in [0, 0.1) is 27.2 Å². The Morgan fingerprint density at radius 1 is 1.06 bits per heavy atom. The molecule has 0 fully saturated rings. The summed E-state index contributed by atoms with van der Waals surface area (Å²) in [6, 6.07) is 7.25. The Morgan fingerprint density at radius 2 is 1.38 bits per heavy atom. The SMILES string of the molecule is Cc1ccccc1O.O=[N+]([O-])O.O=[N+]([O-])O. The molecule has 0 aliphatic heterocycles. The zero-order chi connectivity index (χ0) is 13.1. The quantitative estimate of drug-likeness (QED) is 0.448. The first kappa shape index (κ1) is 15.9. The van der Waals surface area contributed by atoms with Gasteiger partial charge in [-0.3, -0.25) is 0 Å². The molecule has 0 saturated carbocycles. The summed E-state index contributed by atoms with van der Waals surface area (Å²) in [5.41, 5.74) is 0.924. The van der Waals surface area contributed by atoms with Gasteiger partial charge in [0.15, 0.2) is 0 Å². The molecular weight excluding hydrogens is 224 g/mol. The highest BCUT2D eigenvalue weighted by Gasteiger charge is 1.86. The molecule has 1 aromatic rings. The number of aryl methyl sites for hydroxylation is 1. The van der Waals surface area contributed by atoms with Crippen LogP contribution in [0.5, 0.6) is 5.75 Å². The van der Waals surface area contributed by atoms with Gasteiger partial charge in [0, 0.05) is 0 Å². The van der Waals surface area contributed by atoms with Crippen LogP contribution in [0.4, 0.5) is 0 Å². The second-order valence-corrected chi connectivity index (χ2v) is 2.26. The predicted molar refractivity (Wildman–Crippen MR) is 50.4 cm³/mol. The van der Waals surface area contributed by atoms with Crippen molar-refractivity contribution in [3.05, 3.63) is 50.1 Å². The van der Waals surface area contributed by atoms with Crippen molar-refractivity contribution in [2.75, 3.05) is 0 Å². The summed E-state index contributed by atoms with van der Waals surface area (Å²) in [4.78, 5) is 16.7. The molecule has 90 valence electrons. The molecular formula is C7H10N2O7. The van der Waals surface area contributed by atoms with Gasteiger partial charge in [0.1, 0.15) is 5.75 Å². The summed E-state index contributed by atoms with van der Waals surface area (Å²) in [7, 11) is 0. The minimum Gasteiger partial charge on any atom is -0.508 e. The Balaban J connectivity index is 0. The van der Waals surface area contributed by atoms with Crippen LogP contribution in [0.1, 0.15) is 5.56 Å². The van der Waals surface area contributed by atoms with Gasteiger partial charge in [-0.25, -0.2) is 0 Å².